The summed E-state index contributed by atoms with van der Waals surface area (Å²) >= 11 is 0. The predicted molar refractivity (Wildman–Crippen MR) is 112 cm³/mol. The molecule has 1 amide bonds. The summed E-state index contributed by atoms with van der Waals surface area (Å²) in [6.45, 7) is 3.14. The summed E-state index contributed by atoms with van der Waals surface area (Å²) in [6, 6.07) is 9.20. The molecule has 0 saturated heterocycles. The van der Waals surface area contributed by atoms with E-state index < -0.39 is 17.5 Å². The van der Waals surface area contributed by atoms with Crippen molar-refractivity contribution in [1.29, 1.82) is 0 Å². The lowest BCUT2D eigenvalue weighted by molar-refractivity contribution is 0.102. The van der Waals surface area contributed by atoms with E-state index >= 15 is 0 Å². The van der Waals surface area contributed by atoms with E-state index in [1.54, 1.807) is 18.2 Å². The molecule has 0 atom stereocenters. The van der Waals surface area contributed by atoms with Crippen LogP contribution in [0.25, 0.3) is 11.1 Å². The normalized spacial score (nSPS) is 16.8. The van der Waals surface area contributed by atoms with Crippen molar-refractivity contribution in [1.82, 2.24) is 10.6 Å². The van der Waals surface area contributed by atoms with E-state index in [0.29, 0.717) is 11.3 Å². The summed E-state index contributed by atoms with van der Waals surface area (Å²) in [5.74, 6) is -1.58. The van der Waals surface area contributed by atoms with E-state index in [2.05, 4.69) is 16.0 Å². The Morgan fingerprint density at radius 3 is 2.21 bits per heavy atom. The number of hydrogen-bond donors (Lipinski definition) is 3. The van der Waals surface area contributed by atoms with Crippen molar-refractivity contribution in [2.45, 2.75) is 12.8 Å². The van der Waals surface area contributed by atoms with Crippen molar-refractivity contribution in [2.75, 3.05) is 31.5 Å². The summed E-state index contributed by atoms with van der Waals surface area (Å²) in [4.78, 5) is 12.5. The van der Waals surface area contributed by atoms with Crippen LogP contribution in [0.4, 0.5) is 14.5 Å². The van der Waals surface area contributed by atoms with E-state index in [4.69, 9.17) is 0 Å². The van der Waals surface area contributed by atoms with Crippen molar-refractivity contribution < 1.29 is 13.6 Å². The largest absolute Gasteiger partial charge is 0.322 e. The van der Waals surface area contributed by atoms with Crippen LogP contribution < -0.4 is 16.0 Å². The highest BCUT2D eigenvalue weighted by atomic mass is 19.1. The summed E-state index contributed by atoms with van der Waals surface area (Å²) < 4.78 is 29.1. The Kier molecular flexibility index (Phi) is 5.83. The maximum Gasteiger partial charge on any atom is 0.258 e. The van der Waals surface area contributed by atoms with Gasteiger partial charge in [0.2, 0.25) is 0 Å². The molecule has 2 aliphatic rings. The Labute approximate surface area is 168 Å². The highest BCUT2D eigenvalue weighted by Crippen LogP contribution is 2.26. The van der Waals surface area contributed by atoms with Gasteiger partial charge in [-0.2, -0.15) is 0 Å². The molecular weight excluding hydrogens is 372 g/mol. The average Bonchev–Trinajstić information content (AvgIpc) is 2.75. The second kappa shape index (κ2) is 8.68. The first kappa shape index (κ1) is 19.5. The van der Waals surface area contributed by atoms with Crippen molar-refractivity contribution in [3.63, 3.8) is 0 Å². The van der Waals surface area contributed by atoms with Crippen LogP contribution in [0.3, 0.4) is 0 Å². The van der Waals surface area contributed by atoms with Crippen LogP contribution in [0.15, 0.2) is 48.6 Å². The second-order valence-corrected chi connectivity index (χ2v) is 7.21. The lowest BCUT2D eigenvalue weighted by atomic mass is 9.98. The number of halogens is 2. The lowest BCUT2D eigenvalue weighted by Gasteiger charge is -2.16. The first-order valence-electron chi connectivity index (χ1n) is 9.82. The molecule has 0 bridgehead atoms. The Morgan fingerprint density at radius 2 is 1.59 bits per heavy atom. The van der Waals surface area contributed by atoms with Crippen molar-refractivity contribution in [3.05, 3.63) is 76.9 Å². The fourth-order valence-corrected chi connectivity index (χ4v) is 3.70. The summed E-state index contributed by atoms with van der Waals surface area (Å²) in [6.07, 6.45) is 5.57. The molecule has 6 heteroatoms. The van der Waals surface area contributed by atoms with Gasteiger partial charge < -0.3 is 16.0 Å². The molecule has 0 unspecified atom stereocenters. The molecule has 4 nitrogen and oxygen atoms in total. The number of carbonyl (C=O) groups excluding carboxylic acids is 1. The molecule has 3 N–H and O–H groups in total. The molecule has 0 aromatic heterocycles. The number of rotatable bonds is 4. The molecule has 0 saturated carbocycles. The Morgan fingerprint density at radius 1 is 0.862 bits per heavy atom. The van der Waals surface area contributed by atoms with Gasteiger partial charge in [-0.1, -0.05) is 18.2 Å². The topological polar surface area (TPSA) is 53.2 Å². The zero-order chi connectivity index (χ0) is 20.2. The zero-order valence-electron chi connectivity index (χ0n) is 16.0. The summed E-state index contributed by atoms with van der Waals surface area (Å²) in [5.41, 5.74) is 3.58. The summed E-state index contributed by atoms with van der Waals surface area (Å²) in [7, 11) is 0. The third-order valence-corrected chi connectivity index (χ3v) is 5.29. The van der Waals surface area contributed by atoms with Gasteiger partial charge in [0.1, 0.15) is 11.6 Å². The summed E-state index contributed by atoms with van der Waals surface area (Å²) in [5, 5.41) is 9.00. The van der Waals surface area contributed by atoms with E-state index in [1.165, 1.54) is 18.2 Å². The van der Waals surface area contributed by atoms with E-state index in [9.17, 15) is 13.6 Å². The quantitative estimate of drug-likeness (QED) is 0.734. The van der Waals surface area contributed by atoms with Crippen LogP contribution in [0.2, 0.25) is 0 Å². The van der Waals surface area contributed by atoms with Gasteiger partial charge in [-0.15, -0.1) is 0 Å². The second-order valence-electron chi connectivity index (χ2n) is 7.21. The van der Waals surface area contributed by atoms with Crippen LogP contribution in [0.5, 0.6) is 0 Å². The Bertz CT molecular complexity index is 998. The van der Waals surface area contributed by atoms with Gasteiger partial charge >= 0.3 is 0 Å². The van der Waals surface area contributed by atoms with Gasteiger partial charge in [-0.05, 0) is 73.0 Å². The predicted octanol–water partition coefficient (Wildman–Crippen LogP) is 3.97. The van der Waals surface area contributed by atoms with Gasteiger partial charge in [0.25, 0.3) is 5.91 Å². The van der Waals surface area contributed by atoms with Crippen LogP contribution in [-0.2, 0) is 0 Å². The van der Waals surface area contributed by atoms with Crippen molar-refractivity contribution >= 4 is 22.7 Å². The third-order valence-electron chi connectivity index (χ3n) is 5.29. The minimum atomic E-state index is -0.596. The highest BCUT2D eigenvalue weighted by molar-refractivity contribution is 6.04. The maximum absolute atomic E-state index is 14.6. The smallest absolute Gasteiger partial charge is 0.258 e. The van der Waals surface area contributed by atoms with Gasteiger partial charge in [-0.25, -0.2) is 8.78 Å². The Hall–Kier alpha value is -2.83. The van der Waals surface area contributed by atoms with Gasteiger partial charge in [0.05, 0.1) is 5.56 Å². The van der Waals surface area contributed by atoms with Gasteiger partial charge in [0.15, 0.2) is 0 Å². The molecule has 0 radical (unpaired) electrons. The molecule has 0 fully saturated rings. The first-order chi connectivity index (χ1) is 14.1. The minimum Gasteiger partial charge on any atom is -0.322 e. The lowest BCUT2D eigenvalue weighted by Crippen LogP contribution is -2.20. The number of nitrogens with one attached hydrogen (secondary N) is 3. The van der Waals surface area contributed by atoms with E-state index in [-0.39, 0.29) is 5.56 Å². The Balaban J connectivity index is 1.50. The number of benzene rings is 2. The van der Waals surface area contributed by atoms with Gasteiger partial charge in [0, 0.05) is 24.3 Å². The molecule has 29 heavy (non-hydrogen) atoms. The fraction of sp³-hybridized carbons (Fsp3) is 0.261. The average molecular weight is 395 g/mol. The van der Waals surface area contributed by atoms with Gasteiger partial charge in [-0.3, -0.25) is 4.79 Å². The standard InChI is InChI=1S/C23H23F2N3O/c24-21-13-17(15-5-9-26-10-6-15)1-3-20(21)23(29)28-18-2-4-19(22(25)14-18)16-7-11-27-12-8-16/h1-5,7,13-14,26-27H,6,8-12H2,(H,28,29). The number of hydrogen-bond acceptors (Lipinski definition) is 3. The molecule has 150 valence electrons. The van der Waals surface area contributed by atoms with Crippen LogP contribution in [0.1, 0.15) is 34.3 Å². The van der Waals surface area contributed by atoms with Crippen molar-refractivity contribution in [2.24, 2.45) is 0 Å². The van der Waals surface area contributed by atoms with Crippen LogP contribution >= 0.6 is 0 Å². The molecule has 2 heterocycles. The number of anilines is 1. The SMILES string of the molecule is O=C(Nc1ccc(C2=CCNCC2)c(F)c1)c1ccc(C2=CCNCC2)cc1F. The molecule has 2 aromatic rings. The monoisotopic (exact) mass is 395 g/mol. The number of carbonyl (C=O) groups is 1. The molecule has 2 aromatic carbocycles. The fourth-order valence-electron chi connectivity index (χ4n) is 3.70. The molecule has 4 rings (SSSR count). The minimum absolute atomic E-state index is 0.0613. The zero-order valence-corrected chi connectivity index (χ0v) is 16.0. The maximum atomic E-state index is 14.6. The number of amides is 1. The highest BCUT2D eigenvalue weighted by Gasteiger charge is 2.16. The molecule has 0 spiro atoms. The molecule has 2 aliphatic heterocycles. The van der Waals surface area contributed by atoms with Crippen LogP contribution in [-0.4, -0.2) is 32.1 Å². The molecule has 0 aliphatic carbocycles. The van der Waals surface area contributed by atoms with E-state index in [1.807, 2.05) is 12.2 Å². The van der Waals surface area contributed by atoms with E-state index in [0.717, 1.165) is 55.7 Å². The first-order valence-corrected chi connectivity index (χ1v) is 9.82. The van der Waals surface area contributed by atoms with Crippen LogP contribution in [0, 0.1) is 11.6 Å². The molecular formula is C23H23F2N3O. The third kappa shape index (κ3) is 4.44. The van der Waals surface area contributed by atoms with Crippen molar-refractivity contribution in [3.8, 4) is 0 Å².